The summed E-state index contributed by atoms with van der Waals surface area (Å²) >= 11 is 13.8. The Morgan fingerprint density at radius 3 is 1.91 bits per heavy atom. The van der Waals surface area contributed by atoms with Gasteiger partial charge < -0.3 is 0 Å². The van der Waals surface area contributed by atoms with Crippen LogP contribution in [0.1, 0.15) is 0 Å². The lowest BCUT2D eigenvalue weighted by molar-refractivity contribution is 1.75. The zero-order valence-electron chi connectivity index (χ0n) is 12.3. The Hall–Kier alpha value is -1.80. The molecule has 0 aliphatic carbocycles. The van der Waals surface area contributed by atoms with Gasteiger partial charge in [-0.3, -0.25) is 0 Å². The largest absolute Gasteiger partial charge is 0.311 e. The quantitative estimate of drug-likeness (QED) is 0.269. The normalized spacial score (nSPS) is 11.9. The van der Waals surface area contributed by atoms with Crippen molar-refractivity contribution in [3.8, 4) is 0 Å². The number of benzene rings is 4. The molecule has 0 heterocycles. The maximum atomic E-state index is 6.92. The minimum Gasteiger partial charge on any atom is -0.134 e. The summed E-state index contributed by atoms with van der Waals surface area (Å²) in [5.41, 5.74) is 0. The molecule has 4 aromatic carbocycles. The summed E-state index contributed by atoms with van der Waals surface area (Å²) in [6.07, 6.45) is 0. The van der Waals surface area contributed by atoms with Gasteiger partial charge in [0.25, 0.3) is 0 Å². The van der Waals surface area contributed by atoms with E-state index in [1.165, 1.54) is 16.2 Å². The fourth-order valence-electron chi connectivity index (χ4n) is 3.04. The van der Waals surface area contributed by atoms with Crippen LogP contribution in [0.4, 0.5) is 0 Å². The molecule has 23 heavy (non-hydrogen) atoms. The van der Waals surface area contributed by atoms with E-state index in [0.29, 0.717) is 0 Å². The van der Waals surface area contributed by atoms with E-state index in [1.54, 1.807) is 0 Å². The van der Waals surface area contributed by atoms with Gasteiger partial charge in [0.05, 0.1) is 0 Å². The highest BCUT2D eigenvalue weighted by atomic mass is 35.7. The number of hydrogen-bond donors (Lipinski definition) is 0. The Kier molecular flexibility index (Phi) is 3.65. The van der Waals surface area contributed by atoms with Crippen LogP contribution >= 0.6 is 22.2 Å². The molecule has 0 aliphatic heterocycles. The standard InChI is InChI=1S/C20H14Cl2Si/c21-23(22,18-10-2-1-3-11-18)20-12-6-9-17-13-15-7-4-5-8-16(15)14-19(17)20/h1-14H. The van der Waals surface area contributed by atoms with Gasteiger partial charge in [-0.25, -0.2) is 0 Å². The molecule has 0 radical (unpaired) electrons. The molecule has 0 nitrogen and oxygen atoms in total. The van der Waals surface area contributed by atoms with E-state index in [1.807, 2.05) is 36.4 Å². The van der Waals surface area contributed by atoms with E-state index in [-0.39, 0.29) is 0 Å². The molecule has 0 unspecified atom stereocenters. The number of hydrogen-bond acceptors (Lipinski definition) is 0. The molecule has 4 rings (SSSR count). The summed E-state index contributed by atoms with van der Waals surface area (Å²) in [7, 11) is 0. The fourth-order valence-corrected chi connectivity index (χ4v) is 6.57. The minimum atomic E-state index is -2.76. The lowest BCUT2D eigenvalue weighted by Gasteiger charge is -2.20. The first-order chi connectivity index (χ1) is 11.2. The zero-order valence-corrected chi connectivity index (χ0v) is 14.9. The van der Waals surface area contributed by atoms with Crippen molar-refractivity contribution in [2.75, 3.05) is 0 Å². The van der Waals surface area contributed by atoms with Gasteiger partial charge in [0.1, 0.15) is 0 Å². The van der Waals surface area contributed by atoms with Crippen LogP contribution in [0, 0.1) is 0 Å². The molecule has 0 aliphatic rings. The second-order valence-electron chi connectivity index (χ2n) is 5.67. The lowest BCUT2D eigenvalue weighted by atomic mass is 10.0. The topological polar surface area (TPSA) is 0 Å². The van der Waals surface area contributed by atoms with Crippen molar-refractivity contribution < 1.29 is 0 Å². The highest BCUT2D eigenvalue weighted by Crippen LogP contribution is 2.25. The third kappa shape index (κ3) is 2.55. The highest BCUT2D eigenvalue weighted by molar-refractivity contribution is 7.56. The third-order valence-electron chi connectivity index (χ3n) is 4.22. The van der Waals surface area contributed by atoms with Gasteiger partial charge in [-0.15, -0.1) is 22.2 Å². The summed E-state index contributed by atoms with van der Waals surface area (Å²) in [6, 6.07) is 29.0. The van der Waals surface area contributed by atoms with Gasteiger partial charge in [-0.1, -0.05) is 72.8 Å². The van der Waals surface area contributed by atoms with Crippen molar-refractivity contribution in [1.29, 1.82) is 0 Å². The van der Waals surface area contributed by atoms with E-state index < -0.39 is 6.69 Å². The first-order valence-electron chi connectivity index (χ1n) is 7.51. The van der Waals surface area contributed by atoms with Gasteiger partial charge in [0.2, 0.25) is 0 Å². The van der Waals surface area contributed by atoms with Gasteiger partial charge in [-0.05, 0) is 44.1 Å². The molecule has 4 aromatic rings. The minimum absolute atomic E-state index is 1.02. The second-order valence-corrected chi connectivity index (χ2v) is 11.9. The van der Waals surface area contributed by atoms with E-state index in [9.17, 15) is 0 Å². The van der Waals surface area contributed by atoms with Crippen molar-refractivity contribution in [3.63, 3.8) is 0 Å². The van der Waals surface area contributed by atoms with Crippen molar-refractivity contribution in [1.82, 2.24) is 0 Å². The molecular weight excluding hydrogens is 339 g/mol. The van der Waals surface area contributed by atoms with Crippen LogP contribution in [-0.4, -0.2) is 6.69 Å². The Morgan fingerprint density at radius 1 is 0.565 bits per heavy atom. The summed E-state index contributed by atoms with van der Waals surface area (Å²) in [4.78, 5) is 0. The van der Waals surface area contributed by atoms with Crippen molar-refractivity contribution in [2.45, 2.75) is 0 Å². The SMILES string of the molecule is Cl[Si](Cl)(c1ccccc1)c1cccc2cc3ccccc3cc12. The van der Waals surface area contributed by atoms with Gasteiger partial charge in [0.15, 0.2) is 0 Å². The first-order valence-corrected chi connectivity index (χ1v) is 11.5. The number of fused-ring (bicyclic) bond motifs is 2. The number of halogens is 2. The average Bonchev–Trinajstić information content (AvgIpc) is 2.60. The Labute approximate surface area is 145 Å². The first kappa shape index (κ1) is 14.8. The summed E-state index contributed by atoms with van der Waals surface area (Å²) in [5.74, 6) is 0. The molecule has 0 bridgehead atoms. The summed E-state index contributed by atoms with van der Waals surface area (Å²) in [5, 5.41) is 6.83. The monoisotopic (exact) mass is 352 g/mol. The van der Waals surface area contributed by atoms with E-state index >= 15 is 0 Å². The summed E-state index contributed by atoms with van der Waals surface area (Å²) in [6.45, 7) is -2.76. The molecule has 0 aromatic heterocycles. The molecular formula is C20H14Cl2Si. The fraction of sp³-hybridized carbons (Fsp3) is 0. The summed E-state index contributed by atoms with van der Waals surface area (Å²) < 4.78 is 0. The van der Waals surface area contributed by atoms with Crippen molar-refractivity contribution in [2.24, 2.45) is 0 Å². The van der Waals surface area contributed by atoms with Crippen LogP contribution in [-0.2, 0) is 0 Å². The molecule has 0 amide bonds. The van der Waals surface area contributed by atoms with Crippen LogP contribution in [0.15, 0.2) is 84.9 Å². The Morgan fingerprint density at radius 2 is 1.17 bits per heavy atom. The van der Waals surface area contributed by atoms with Crippen molar-refractivity contribution >= 4 is 60.8 Å². The van der Waals surface area contributed by atoms with Crippen LogP contribution in [0.25, 0.3) is 21.5 Å². The second kappa shape index (κ2) is 5.68. The van der Waals surface area contributed by atoms with Crippen LogP contribution < -0.4 is 10.4 Å². The molecule has 112 valence electrons. The zero-order chi connectivity index (χ0) is 15.9. The van der Waals surface area contributed by atoms with Crippen LogP contribution in [0.5, 0.6) is 0 Å². The molecule has 0 fully saturated rings. The van der Waals surface area contributed by atoms with E-state index in [4.69, 9.17) is 22.2 Å². The maximum Gasteiger partial charge on any atom is 0.311 e. The van der Waals surface area contributed by atoms with Crippen LogP contribution in [0.2, 0.25) is 0 Å². The molecule has 0 atom stereocenters. The highest BCUT2D eigenvalue weighted by Gasteiger charge is 2.34. The van der Waals surface area contributed by atoms with Gasteiger partial charge in [0, 0.05) is 0 Å². The van der Waals surface area contributed by atoms with Crippen molar-refractivity contribution in [3.05, 3.63) is 84.9 Å². The predicted molar refractivity (Wildman–Crippen MR) is 105 cm³/mol. The Bertz CT molecular complexity index is 994. The molecule has 0 saturated heterocycles. The van der Waals surface area contributed by atoms with Gasteiger partial charge >= 0.3 is 6.69 Å². The third-order valence-corrected chi connectivity index (χ3v) is 8.92. The molecule has 0 saturated carbocycles. The average molecular weight is 353 g/mol. The Balaban J connectivity index is 2.02. The van der Waals surface area contributed by atoms with Gasteiger partial charge in [-0.2, -0.15) is 0 Å². The molecule has 3 heteroatoms. The van der Waals surface area contributed by atoms with E-state index in [2.05, 4.69) is 48.5 Å². The molecule has 0 spiro atoms. The number of rotatable bonds is 2. The lowest BCUT2D eigenvalue weighted by Crippen LogP contribution is -2.48. The smallest absolute Gasteiger partial charge is 0.134 e. The molecule has 0 N–H and O–H groups in total. The predicted octanol–water partition coefficient (Wildman–Crippen LogP) is 5.03. The van der Waals surface area contributed by atoms with Crippen LogP contribution in [0.3, 0.4) is 0 Å². The maximum absolute atomic E-state index is 6.92. The van der Waals surface area contributed by atoms with E-state index in [0.717, 1.165) is 15.8 Å².